The number of hydrogen-bond donors (Lipinski definition) is 1. The molecule has 0 unspecified atom stereocenters. The average Bonchev–Trinajstić information content (AvgIpc) is 2.59. The fourth-order valence-corrected chi connectivity index (χ4v) is 3.63. The van der Waals surface area contributed by atoms with Crippen molar-refractivity contribution in [2.45, 2.75) is 33.1 Å². The molecule has 27 heavy (non-hydrogen) atoms. The average molecular weight is 394 g/mol. The first-order valence-corrected chi connectivity index (χ1v) is 9.64. The van der Waals surface area contributed by atoms with Crippen molar-refractivity contribution >= 4 is 35.0 Å². The molecule has 0 saturated carbocycles. The van der Waals surface area contributed by atoms with Gasteiger partial charge in [0.1, 0.15) is 0 Å². The van der Waals surface area contributed by atoms with Gasteiger partial charge >= 0.3 is 0 Å². The molecule has 2 atom stereocenters. The zero-order chi connectivity index (χ0) is 20.1. The Morgan fingerprint density at radius 3 is 2.37 bits per heavy atom. The van der Waals surface area contributed by atoms with Gasteiger partial charge < -0.3 is 15.1 Å². The Morgan fingerprint density at radius 2 is 1.78 bits per heavy atom. The molecule has 1 aromatic carbocycles. The maximum atomic E-state index is 13.1. The van der Waals surface area contributed by atoms with Crippen LogP contribution in [0.15, 0.2) is 18.2 Å². The Morgan fingerprint density at radius 1 is 1.15 bits per heavy atom. The molecule has 0 radical (unpaired) electrons. The minimum Gasteiger partial charge on any atom is -0.349 e. The Kier molecular flexibility index (Phi) is 7.25. The van der Waals surface area contributed by atoms with Crippen molar-refractivity contribution in [1.82, 2.24) is 9.80 Å². The Labute approximate surface area is 165 Å². The van der Waals surface area contributed by atoms with Crippen LogP contribution in [-0.4, -0.2) is 54.7 Å². The lowest BCUT2D eigenvalue weighted by Gasteiger charge is -2.35. The minimum absolute atomic E-state index is 0.0606. The lowest BCUT2D eigenvalue weighted by molar-refractivity contribution is -0.130. The SMILES string of the molecule is C[C@@H]1C[C@H](C)CN(C(=O)c2cc(Cl)ccc2NC(=O)CCC(=O)N(C)C)C1. The number of halogens is 1. The van der Waals surface area contributed by atoms with Gasteiger partial charge in [-0.2, -0.15) is 0 Å². The number of nitrogens with zero attached hydrogens (tertiary/aromatic N) is 2. The van der Waals surface area contributed by atoms with E-state index in [0.717, 1.165) is 6.42 Å². The van der Waals surface area contributed by atoms with Crippen molar-refractivity contribution in [1.29, 1.82) is 0 Å². The summed E-state index contributed by atoms with van der Waals surface area (Å²) in [6.45, 7) is 5.66. The zero-order valence-corrected chi connectivity index (χ0v) is 17.2. The smallest absolute Gasteiger partial charge is 0.256 e. The number of carbonyl (C=O) groups excluding carboxylic acids is 3. The van der Waals surface area contributed by atoms with E-state index in [-0.39, 0.29) is 30.6 Å². The molecule has 1 aliphatic heterocycles. The molecular weight excluding hydrogens is 366 g/mol. The third kappa shape index (κ3) is 5.96. The zero-order valence-electron chi connectivity index (χ0n) is 16.4. The summed E-state index contributed by atoms with van der Waals surface area (Å²) in [6.07, 6.45) is 1.28. The number of benzene rings is 1. The van der Waals surface area contributed by atoms with Crippen LogP contribution in [0.2, 0.25) is 5.02 Å². The summed E-state index contributed by atoms with van der Waals surface area (Å²) in [4.78, 5) is 40.2. The second-order valence-corrected chi connectivity index (χ2v) is 8.12. The summed E-state index contributed by atoms with van der Waals surface area (Å²) in [7, 11) is 3.30. The lowest BCUT2D eigenvalue weighted by Crippen LogP contribution is -2.42. The summed E-state index contributed by atoms with van der Waals surface area (Å²) in [6, 6.07) is 4.87. The molecule has 1 aliphatic rings. The quantitative estimate of drug-likeness (QED) is 0.834. The molecular formula is C20H28ClN3O3. The molecule has 148 valence electrons. The van der Waals surface area contributed by atoms with E-state index in [1.165, 1.54) is 4.90 Å². The number of carbonyl (C=O) groups is 3. The van der Waals surface area contributed by atoms with Crippen molar-refractivity contribution < 1.29 is 14.4 Å². The summed E-state index contributed by atoms with van der Waals surface area (Å²) in [5.74, 6) is 0.324. The maximum Gasteiger partial charge on any atom is 0.256 e. The monoisotopic (exact) mass is 393 g/mol. The minimum atomic E-state index is -0.304. The second-order valence-electron chi connectivity index (χ2n) is 7.68. The van der Waals surface area contributed by atoms with Crippen LogP contribution < -0.4 is 5.32 Å². The molecule has 0 aromatic heterocycles. The molecule has 0 aliphatic carbocycles. The van der Waals surface area contributed by atoms with Gasteiger partial charge in [0.2, 0.25) is 11.8 Å². The highest BCUT2D eigenvalue weighted by molar-refractivity contribution is 6.31. The van der Waals surface area contributed by atoms with Gasteiger partial charge in [0.25, 0.3) is 5.91 Å². The topological polar surface area (TPSA) is 69.7 Å². The molecule has 1 heterocycles. The van der Waals surface area contributed by atoms with E-state index in [4.69, 9.17) is 11.6 Å². The predicted octanol–water partition coefficient (Wildman–Crippen LogP) is 3.27. The van der Waals surface area contributed by atoms with E-state index in [2.05, 4.69) is 19.2 Å². The molecule has 1 N–H and O–H groups in total. The molecule has 3 amide bonds. The number of hydrogen-bond acceptors (Lipinski definition) is 3. The normalized spacial score (nSPS) is 19.5. The van der Waals surface area contributed by atoms with E-state index >= 15 is 0 Å². The first-order chi connectivity index (χ1) is 12.7. The highest BCUT2D eigenvalue weighted by atomic mass is 35.5. The number of amides is 3. The molecule has 1 aromatic rings. The van der Waals surface area contributed by atoms with E-state index < -0.39 is 0 Å². The van der Waals surface area contributed by atoms with Crippen LogP contribution in [0.4, 0.5) is 5.69 Å². The molecule has 2 rings (SSSR count). The van der Waals surface area contributed by atoms with Crippen molar-refractivity contribution in [3.8, 4) is 0 Å². The van der Waals surface area contributed by atoms with E-state index in [1.807, 2.05) is 4.90 Å². The molecule has 1 saturated heterocycles. The van der Waals surface area contributed by atoms with Gasteiger partial charge in [0.05, 0.1) is 11.3 Å². The third-order valence-corrected chi connectivity index (χ3v) is 4.94. The summed E-state index contributed by atoms with van der Waals surface area (Å²) in [5.41, 5.74) is 0.814. The van der Waals surface area contributed by atoms with Crippen LogP contribution in [0.5, 0.6) is 0 Å². The van der Waals surface area contributed by atoms with Crippen LogP contribution in [0, 0.1) is 11.8 Å². The van der Waals surface area contributed by atoms with Gasteiger partial charge in [0.15, 0.2) is 0 Å². The summed E-state index contributed by atoms with van der Waals surface area (Å²) in [5, 5.41) is 3.20. The van der Waals surface area contributed by atoms with Crippen molar-refractivity contribution in [2.75, 3.05) is 32.5 Å². The van der Waals surface area contributed by atoms with Crippen LogP contribution in [0.1, 0.15) is 43.5 Å². The highest BCUT2D eigenvalue weighted by Gasteiger charge is 2.28. The number of likely N-dealkylation sites (tertiary alicyclic amines) is 1. The summed E-state index contributed by atoms with van der Waals surface area (Å²) >= 11 is 6.10. The number of nitrogens with one attached hydrogen (secondary N) is 1. The fourth-order valence-electron chi connectivity index (χ4n) is 3.46. The van der Waals surface area contributed by atoms with Gasteiger partial charge in [-0.05, 0) is 36.5 Å². The Balaban J connectivity index is 2.13. The van der Waals surface area contributed by atoms with E-state index in [0.29, 0.717) is 41.2 Å². The first kappa shape index (κ1) is 21.2. The third-order valence-electron chi connectivity index (χ3n) is 4.71. The fraction of sp³-hybridized carbons (Fsp3) is 0.550. The second kappa shape index (κ2) is 9.22. The predicted molar refractivity (Wildman–Crippen MR) is 107 cm³/mol. The molecule has 0 bridgehead atoms. The van der Waals surface area contributed by atoms with Gasteiger partial charge in [-0.25, -0.2) is 0 Å². The summed E-state index contributed by atoms with van der Waals surface area (Å²) < 4.78 is 0. The molecule has 1 fully saturated rings. The van der Waals surface area contributed by atoms with Crippen LogP contribution in [0.25, 0.3) is 0 Å². The van der Waals surface area contributed by atoms with E-state index in [1.54, 1.807) is 32.3 Å². The first-order valence-electron chi connectivity index (χ1n) is 9.26. The van der Waals surface area contributed by atoms with Crippen LogP contribution >= 0.6 is 11.6 Å². The van der Waals surface area contributed by atoms with E-state index in [9.17, 15) is 14.4 Å². The van der Waals surface area contributed by atoms with Gasteiger partial charge in [-0.15, -0.1) is 0 Å². The maximum absolute atomic E-state index is 13.1. The highest BCUT2D eigenvalue weighted by Crippen LogP contribution is 2.27. The Hall–Kier alpha value is -2.08. The number of piperidine rings is 1. The van der Waals surface area contributed by atoms with Crippen molar-refractivity contribution in [2.24, 2.45) is 11.8 Å². The van der Waals surface area contributed by atoms with Gasteiger partial charge in [-0.1, -0.05) is 25.4 Å². The van der Waals surface area contributed by atoms with Crippen LogP contribution in [0.3, 0.4) is 0 Å². The molecule has 7 heteroatoms. The molecule has 0 spiro atoms. The number of rotatable bonds is 5. The van der Waals surface area contributed by atoms with Gasteiger partial charge in [-0.3, -0.25) is 14.4 Å². The van der Waals surface area contributed by atoms with Crippen molar-refractivity contribution in [3.05, 3.63) is 28.8 Å². The Bertz CT molecular complexity index is 710. The van der Waals surface area contributed by atoms with Gasteiger partial charge in [0, 0.05) is 45.0 Å². The lowest BCUT2D eigenvalue weighted by atomic mass is 9.91. The number of anilines is 1. The standard InChI is InChI=1S/C20H28ClN3O3/c1-13-9-14(2)12-24(11-13)20(27)16-10-15(21)5-6-17(16)22-18(25)7-8-19(26)23(3)4/h5-6,10,13-14H,7-9,11-12H2,1-4H3,(H,22,25)/t13-,14+. The van der Waals surface area contributed by atoms with Crippen LogP contribution in [-0.2, 0) is 9.59 Å². The largest absolute Gasteiger partial charge is 0.349 e. The molecule has 6 nitrogen and oxygen atoms in total. The van der Waals surface area contributed by atoms with Crippen molar-refractivity contribution in [3.63, 3.8) is 0 Å².